The van der Waals surface area contributed by atoms with Crippen LogP contribution in [0.3, 0.4) is 0 Å². The molecule has 0 aromatic carbocycles. The maximum atomic E-state index is 4.41. The van der Waals surface area contributed by atoms with Crippen molar-refractivity contribution in [2.24, 2.45) is 0 Å². The molecule has 3 nitrogen and oxygen atoms in total. The lowest BCUT2D eigenvalue weighted by atomic mass is 9.93. The molecule has 14 heavy (non-hydrogen) atoms. The minimum atomic E-state index is 0.486. The van der Waals surface area contributed by atoms with Crippen LogP contribution < -0.4 is 5.32 Å². The fourth-order valence-electron chi connectivity index (χ4n) is 1.94. The third-order valence-corrected chi connectivity index (χ3v) is 2.94. The zero-order chi connectivity index (χ0) is 10.1. The number of aryl methyl sites for hydroxylation is 1. The van der Waals surface area contributed by atoms with Gasteiger partial charge in [-0.3, -0.25) is 0 Å². The second kappa shape index (κ2) is 3.64. The SMILES string of the molecule is Cc1cnc(NC2CCC2)n1C(C)C. The Kier molecular flexibility index (Phi) is 2.48. The Bertz CT molecular complexity index is 310. The molecule has 0 spiro atoms. The van der Waals surface area contributed by atoms with Crippen LogP contribution in [0.5, 0.6) is 0 Å². The monoisotopic (exact) mass is 193 g/mol. The Hall–Kier alpha value is -0.990. The van der Waals surface area contributed by atoms with E-state index >= 15 is 0 Å². The lowest BCUT2D eigenvalue weighted by molar-refractivity contribution is 0.438. The molecule has 0 bridgehead atoms. The summed E-state index contributed by atoms with van der Waals surface area (Å²) >= 11 is 0. The van der Waals surface area contributed by atoms with Gasteiger partial charge in [0.2, 0.25) is 5.95 Å². The van der Waals surface area contributed by atoms with Crippen LogP contribution in [0.2, 0.25) is 0 Å². The molecule has 0 amide bonds. The molecule has 1 N–H and O–H groups in total. The van der Waals surface area contributed by atoms with Gasteiger partial charge >= 0.3 is 0 Å². The Morgan fingerprint density at radius 1 is 1.50 bits per heavy atom. The molecule has 1 aliphatic rings. The summed E-state index contributed by atoms with van der Waals surface area (Å²) in [5.41, 5.74) is 1.24. The predicted molar refractivity (Wildman–Crippen MR) is 58.6 cm³/mol. The van der Waals surface area contributed by atoms with Gasteiger partial charge in [-0.25, -0.2) is 4.98 Å². The zero-order valence-corrected chi connectivity index (χ0v) is 9.25. The van der Waals surface area contributed by atoms with E-state index in [9.17, 15) is 0 Å². The summed E-state index contributed by atoms with van der Waals surface area (Å²) in [5.74, 6) is 1.04. The van der Waals surface area contributed by atoms with E-state index in [0.29, 0.717) is 12.1 Å². The normalized spacial score (nSPS) is 17.1. The molecule has 1 aromatic rings. The van der Waals surface area contributed by atoms with Crippen molar-refractivity contribution in [3.8, 4) is 0 Å². The second-order valence-corrected chi connectivity index (χ2v) is 4.46. The largest absolute Gasteiger partial charge is 0.353 e. The van der Waals surface area contributed by atoms with Crippen molar-refractivity contribution in [1.82, 2.24) is 9.55 Å². The van der Waals surface area contributed by atoms with E-state index in [1.165, 1.54) is 25.0 Å². The number of aromatic nitrogens is 2. The predicted octanol–water partition coefficient (Wildman–Crippen LogP) is 2.74. The van der Waals surface area contributed by atoms with Crippen LogP contribution in [0, 0.1) is 6.92 Å². The summed E-state index contributed by atoms with van der Waals surface area (Å²) in [7, 11) is 0. The lowest BCUT2D eigenvalue weighted by Gasteiger charge is -2.28. The first-order chi connectivity index (χ1) is 6.68. The number of rotatable bonds is 3. The molecule has 0 aliphatic heterocycles. The van der Waals surface area contributed by atoms with Gasteiger partial charge in [0.25, 0.3) is 0 Å². The summed E-state index contributed by atoms with van der Waals surface area (Å²) < 4.78 is 2.26. The zero-order valence-electron chi connectivity index (χ0n) is 9.25. The number of nitrogens with one attached hydrogen (secondary N) is 1. The molecule has 1 aromatic heterocycles. The van der Waals surface area contributed by atoms with Crippen LogP contribution in [0.25, 0.3) is 0 Å². The highest BCUT2D eigenvalue weighted by atomic mass is 15.2. The van der Waals surface area contributed by atoms with E-state index < -0.39 is 0 Å². The number of hydrogen-bond acceptors (Lipinski definition) is 2. The van der Waals surface area contributed by atoms with Gasteiger partial charge in [-0.05, 0) is 40.0 Å². The summed E-state index contributed by atoms with van der Waals surface area (Å²) in [6.45, 7) is 6.50. The van der Waals surface area contributed by atoms with Gasteiger partial charge in [0, 0.05) is 17.8 Å². The van der Waals surface area contributed by atoms with E-state index in [1.54, 1.807) is 0 Å². The molecule has 0 atom stereocenters. The quantitative estimate of drug-likeness (QED) is 0.800. The fourth-order valence-corrected chi connectivity index (χ4v) is 1.94. The Morgan fingerprint density at radius 2 is 2.21 bits per heavy atom. The van der Waals surface area contributed by atoms with E-state index in [2.05, 4.69) is 35.6 Å². The van der Waals surface area contributed by atoms with E-state index in [4.69, 9.17) is 0 Å². The Balaban J connectivity index is 2.15. The van der Waals surface area contributed by atoms with Crippen LogP contribution in [0.15, 0.2) is 6.20 Å². The van der Waals surface area contributed by atoms with Crippen molar-refractivity contribution >= 4 is 5.95 Å². The highest BCUT2D eigenvalue weighted by Crippen LogP contribution is 2.24. The number of nitrogens with zero attached hydrogens (tertiary/aromatic N) is 2. The molecule has 0 radical (unpaired) electrons. The van der Waals surface area contributed by atoms with Crippen molar-refractivity contribution in [3.05, 3.63) is 11.9 Å². The maximum Gasteiger partial charge on any atom is 0.203 e. The summed E-state index contributed by atoms with van der Waals surface area (Å²) in [6.07, 6.45) is 5.90. The topological polar surface area (TPSA) is 29.9 Å². The Labute approximate surface area is 85.5 Å². The maximum absolute atomic E-state index is 4.41. The molecule has 2 rings (SSSR count). The molecule has 1 heterocycles. The van der Waals surface area contributed by atoms with Gasteiger partial charge in [0.1, 0.15) is 0 Å². The van der Waals surface area contributed by atoms with Crippen molar-refractivity contribution < 1.29 is 0 Å². The Morgan fingerprint density at radius 3 is 2.71 bits per heavy atom. The van der Waals surface area contributed by atoms with Crippen LogP contribution >= 0.6 is 0 Å². The highest BCUT2D eigenvalue weighted by Gasteiger charge is 2.19. The number of hydrogen-bond donors (Lipinski definition) is 1. The van der Waals surface area contributed by atoms with Crippen molar-refractivity contribution in [1.29, 1.82) is 0 Å². The van der Waals surface area contributed by atoms with E-state index in [0.717, 1.165) is 5.95 Å². The van der Waals surface area contributed by atoms with Crippen LogP contribution in [-0.2, 0) is 0 Å². The highest BCUT2D eigenvalue weighted by molar-refractivity contribution is 5.32. The average molecular weight is 193 g/mol. The lowest BCUT2D eigenvalue weighted by Crippen LogP contribution is -2.29. The van der Waals surface area contributed by atoms with Crippen LogP contribution in [0.4, 0.5) is 5.95 Å². The summed E-state index contributed by atoms with van der Waals surface area (Å²) in [6, 6.07) is 1.15. The fraction of sp³-hybridized carbons (Fsp3) is 0.727. The van der Waals surface area contributed by atoms with Gasteiger partial charge in [0.15, 0.2) is 0 Å². The average Bonchev–Trinajstić information content (AvgIpc) is 2.39. The van der Waals surface area contributed by atoms with E-state index in [1.807, 2.05) is 6.20 Å². The number of anilines is 1. The first-order valence-electron chi connectivity index (χ1n) is 5.49. The summed E-state index contributed by atoms with van der Waals surface area (Å²) in [5, 5.41) is 3.50. The first-order valence-corrected chi connectivity index (χ1v) is 5.49. The molecule has 0 unspecified atom stereocenters. The first kappa shape index (κ1) is 9.56. The third kappa shape index (κ3) is 1.63. The van der Waals surface area contributed by atoms with Crippen molar-refractivity contribution in [2.45, 2.75) is 52.1 Å². The smallest absolute Gasteiger partial charge is 0.203 e. The minimum Gasteiger partial charge on any atom is -0.353 e. The molecule has 0 saturated heterocycles. The molecule has 78 valence electrons. The van der Waals surface area contributed by atoms with Crippen LogP contribution in [-0.4, -0.2) is 15.6 Å². The second-order valence-electron chi connectivity index (χ2n) is 4.46. The van der Waals surface area contributed by atoms with Gasteiger partial charge in [-0.1, -0.05) is 0 Å². The molecular weight excluding hydrogens is 174 g/mol. The standard InChI is InChI=1S/C11H19N3/c1-8(2)14-9(3)7-12-11(14)13-10-5-4-6-10/h7-8,10H,4-6H2,1-3H3,(H,12,13). The van der Waals surface area contributed by atoms with Gasteiger partial charge < -0.3 is 9.88 Å². The minimum absolute atomic E-state index is 0.486. The molecule has 3 heteroatoms. The van der Waals surface area contributed by atoms with E-state index in [-0.39, 0.29) is 0 Å². The van der Waals surface area contributed by atoms with Gasteiger partial charge in [-0.15, -0.1) is 0 Å². The molecule has 1 saturated carbocycles. The number of imidazole rings is 1. The van der Waals surface area contributed by atoms with Crippen molar-refractivity contribution in [3.63, 3.8) is 0 Å². The molecule has 1 aliphatic carbocycles. The summed E-state index contributed by atoms with van der Waals surface area (Å²) in [4.78, 5) is 4.41. The van der Waals surface area contributed by atoms with Gasteiger partial charge in [-0.2, -0.15) is 0 Å². The molecular formula is C11H19N3. The third-order valence-electron chi connectivity index (χ3n) is 2.94. The molecule has 1 fully saturated rings. The van der Waals surface area contributed by atoms with Crippen molar-refractivity contribution in [2.75, 3.05) is 5.32 Å². The van der Waals surface area contributed by atoms with Gasteiger partial charge in [0.05, 0.1) is 6.20 Å². The van der Waals surface area contributed by atoms with Crippen LogP contribution in [0.1, 0.15) is 44.8 Å².